The van der Waals surface area contributed by atoms with Gasteiger partial charge in [0, 0.05) is 6.54 Å². The second kappa shape index (κ2) is 5.38. The van der Waals surface area contributed by atoms with Gasteiger partial charge < -0.3 is 10.5 Å². The van der Waals surface area contributed by atoms with E-state index in [1.54, 1.807) is 0 Å². The summed E-state index contributed by atoms with van der Waals surface area (Å²) in [5.74, 6) is 0.888. The van der Waals surface area contributed by atoms with Crippen LogP contribution in [0.15, 0.2) is 42.5 Å². The van der Waals surface area contributed by atoms with Crippen LogP contribution in [0.25, 0.3) is 0 Å². The van der Waals surface area contributed by atoms with Crippen LogP contribution in [-0.2, 0) is 0 Å². The summed E-state index contributed by atoms with van der Waals surface area (Å²) in [6.45, 7) is 1.15. The van der Waals surface area contributed by atoms with E-state index in [1.165, 1.54) is 0 Å². The molecule has 0 aromatic heterocycles. The van der Waals surface area contributed by atoms with Crippen molar-refractivity contribution in [3.8, 4) is 5.75 Å². The van der Waals surface area contributed by atoms with Gasteiger partial charge in [-0.1, -0.05) is 30.4 Å². The molecule has 2 nitrogen and oxygen atoms in total. The van der Waals surface area contributed by atoms with Crippen LogP contribution >= 0.6 is 0 Å². The fourth-order valence-corrected chi connectivity index (χ4v) is 0.825. The van der Waals surface area contributed by atoms with Gasteiger partial charge in [0.25, 0.3) is 0 Å². The number of para-hydroxylation sites is 1. The maximum atomic E-state index is 5.37. The maximum Gasteiger partial charge on any atom is 0.119 e. The van der Waals surface area contributed by atoms with Crippen molar-refractivity contribution in [2.45, 2.75) is 0 Å². The van der Waals surface area contributed by atoms with Crippen molar-refractivity contribution in [1.82, 2.24) is 0 Å². The second-order valence-corrected chi connectivity index (χ2v) is 2.33. The molecule has 0 atom stereocenters. The van der Waals surface area contributed by atoms with Gasteiger partial charge in [-0.05, 0) is 12.1 Å². The Balaban J connectivity index is 2.29. The van der Waals surface area contributed by atoms with Gasteiger partial charge in [0.2, 0.25) is 0 Å². The number of ether oxygens (including phenoxy) is 1. The van der Waals surface area contributed by atoms with Gasteiger partial charge in [-0.15, -0.1) is 0 Å². The van der Waals surface area contributed by atoms with Crippen LogP contribution in [0.2, 0.25) is 0 Å². The lowest BCUT2D eigenvalue weighted by atomic mass is 10.3. The molecule has 0 aliphatic rings. The van der Waals surface area contributed by atoms with Crippen molar-refractivity contribution in [2.24, 2.45) is 5.73 Å². The van der Waals surface area contributed by atoms with Crippen LogP contribution in [0.3, 0.4) is 0 Å². The molecular formula is C10H13NO. The highest BCUT2D eigenvalue weighted by Crippen LogP contribution is 2.07. The lowest BCUT2D eigenvalue weighted by Crippen LogP contribution is -1.96. The minimum absolute atomic E-state index is 0.568. The van der Waals surface area contributed by atoms with E-state index in [9.17, 15) is 0 Å². The van der Waals surface area contributed by atoms with Gasteiger partial charge in [-0.2, -0.15) is 0 Å². The van der Waals surface area contributed by atoms with E-state index < -0.39 is 0 Å². The Hall–Kier alpha value is -1.28. The highest BCUT2D eigenvalue weighted by molar-refractivity contribution is 5.21. The van der Waals surface area contributed by atoms with Gasteiger partial charge in [0.05, 0.1) is 0 Å². The summed E-state index contributed by atoms with van der Waals surface area (Å²) in [6, 6.07) is 9.71. The number of hydrogen-bond acceptors (Lipinski definition) is 2. The van der Waals surface area contributed by atoms with Gasteiger partial charge in [-0.3, -0.25) is 0 Å². The first kappa shape index (κ1) is 8.81. The fraction of sp³-hybridized carbons (Fsp3) is 0.200. The maximum absolute atomic E-state index is 5.37. The third kappa shape index (κ3) is 3.21. The molecule has 0 spiro atoms. The first-order valence-electron chi connectivity index (χ1n) is 3.96. The molecule has 0 unspecified atom stereocenters. The van der Waals surface area contributed by atoms with E-state index in [2.05, 4.69) is 0 Å². The monoisotopic (exact) mass is 163 g/mol. The fourth-order valence-electron chi connectivity index (χ4n) is 0.825. The summed E-state index contributed by atoms with van der Waals surface area (Å²) >= 11 is 0. The zero-order chi connectivity index (χ0) is 8.65. The molecule has 0 saturated carbocycles. The number of rotatable bonds is 4. The van der Waals surface area contributed by atoms with E-state index in [1.807, 2.05) is 42.5 Å². The molecule has 1 aromatic rings. The summed E-state index contributed by atoms with van der Waals surface area (Å²) in [6.07, 6.45) is 3.79. The first-order chi connectivity index (χ1) is 5.93. The molecule has 0 bridgehead atoms. The molecule has 1 rings (SSSR count). The minimum Gasteiger partial charge on any atom is -0.490 e. The van der Waals surface area contributed by atoms with Crippen LogP contribution in [0, 0.1) is 0 Å². The highest BCUT2D eigenvalue weighted by atomic mass is 16.5. The molecule has 0 aliphatic heterocycles. The molecule has 12 heavy (non-hydrogen) atoms. The van der Waals surface area contributed by atoms with E-state index in [-0.39, 0.29) is 0 Å². The molecule has 0 saturated heterocycles. The van der Waals surface area contributed by atoms with Gasteiger partial charge >= 0.3 is 0 Å². The molecule has 0 aliphatic carbocycles. The third-order valence-corrected chi connectivity index (χ3v) is 1.39. The van der Waals surface area contributed by atoms with Crippen molar-refractivity contribution in [3.05, 3.63) is 42.5 Å². The van der Waals surface area contributed by atoms with Crippen molar-refractivity contribution in [1.29, 1.82) is 0 Å². The lowest BCUT2D eigenvalue weighted by Gasteiger charge is -2.00. The van der Waals surface area contributed by atoms with Gasteiger partial charge in [0.1, 0.15) is 12.4 Å². The summed E-state index contributed by atoms with van der Waals surface area (Å²) < 4.78 is 5.37. The van der Waals surface area contributed by atoms with Gasteiger partial charge in [-0.25, -0.2) is 0 Å². The van der Waals surface area contributed by atoms with Crippen molar-refractivity contribution in [3.63, 3.8) is 0 Å². The third-order valence-electron chi connectivity index (χ3n) is 1.39. The topological polar surface area (TPSA) is 35.2 Å². The van der Waals surface area contributed by atoms with Crippen LogP contribution in [-0.4, -0.2) is 13.2 Å². The molecular weight excluding hydrogens is 150 g/mol. The Morgan fingerprint density at radius 1 is 1.17 bits per heavy atom. The van der Waals surface area contributed by atoms with Gasteiger partial charge in [0.15, 0.2) is 0 Å². The van der Waals surface area contributed by atoms with E-state index >= 15 is 0 Å². The molecule has 0 heterocycles. The van der Waals surface area contributed by atoms with E-state index in [4.69, 9.17) is 10.5 Å². The van der Waals surface area contributed by atoms with Crippen molar-refractivity contribution < 1.29 is 4.74 Å². The Bertz CT molecular complexity index is 231. The largest absolute Gasteiger partial charge is 0.490 e. The number of nitrogens with two attached hydrogens (primary N) is 1. The zero-order valence-electron chi connectivity index (χ0n) is 6.94. The molecule has 0 radical (unpaired) electrons. The summed E-state index contributed by atoms with van der Waals surface area (Å²) in [4.78, 5) is 0. The summed E-state index contributed by atoms with van der Waals surface area (Å²) in [5.41, 5.74) is 5.27. The van der Waals surface area contributed by atoms with Crippen LogP contribution in [0.4, 0.5) is 0 Å². The Kier molecular flexibility index (Phi) is 3.95. The van der Waals surface area contributed by atoms with Crippen LogP contribution in [0.1, 0.15) is 0 Å². The Morgan fingerprint density at radius 2 is 1.92 bits per heavy atom. The average molecular weight is 163 g/mol. The molecule has 0 fully saturated rings. The number of benzene rings is 1. The van der Waals surface area contributed by atoms with Crippen molar-refractivity contribution in [2.75, 3.05) is 13.2 Å². The molecule has 64 valence electrons. The van der Waals surface area contributed by atoms with Crippen LogP contribution < -0.4 is 10.5 Å². The number of hydrogen-bond donors (Lipinski definition) is 1. The summed E-state index contributed by atoms with van der Waals surface area (Å²) in [5, 5.41) is 0. The predicted molar refractivity (Wildman–Crippen MR) is 50.1 cm³/mol. The first-order valence-corrected chi connectivity index (χ1v) is 3.96. The van der Waals surface area contributed by atoms with Crippen LogP contribution in [0.5, 0.6) is 5.75 Å². The molecule has 2 N–H and O–H groups in total. The van der Waals surface area contributed by atoms with Crippen molar-refractivity contribution >= 4 is 0 Å². The Morgan fingerprint density at radius 3 is 2.58 bits per heavy atom. The SMILES string of the molecule is NC/C=C\COc1ccccc1. The predicted octanol–water partition coefficient (Wildman–Crippen LogP) is 1.58. The average Bonchev–Trinajstić information content (AvgIpc) is 2.14. The lowest BCUT2D eigenvalue weighted by molar-refractivity contribution is 0.362. The second-order valence-electron chi connectivity index (χ2n) is 2.33. The smallest absolute Gasteiger partial charge is 0.119 e. The quantitative estimate of drug-likeness (QED) is 0.684. The highest BCUT2D eigenvalue weighted by Gasteiger charge is 1.85. The van der Waals surface area contributed by atoms with E-state index in [0.717, 1.165) is 5.75 Å². The molecule has 2 heteroatoms. The molecule has 0 amide bonds. The standard InChI is InChI=1S/C10H13NO/c11-8-4-5-9-12-10-6-2-1-3-7-10/h1-7H,8-9,11H2/b5-4-. The molecule has 1 aromatic carbocycles. The van der Waals surface area contributed by atoms with E-state index in [0.29, 0.717) is 13.2 Å². The normalized spacial score (nSPS) is 10.4. The zero-order valence-corrected chi connectivity index (χ0v) is 6.94. The Labute approximate surface area is 72.7 Å². The minimum atomic E-state index is 0.568. The summed E-state index contributed by atoms with van der Waals surface area (Å²) in [7, 11) is 0.